The maximum atomic E-state index is 5.43. The van der Waals surface area contributed by atoms with Gasteiger partial charge in [0.2, 0.25) is 0 Å². The van der Waals surface area contributed by atoms with Gasteiger partial charge in [-0.05, 0) is 114 Å². The highest BCUT2D eigenvalue weighted by atomic mass is 14.9. The van der Waals surface area contributed by atoms with Gasteiger partial charge in [0.25, 0.3) is 0 Å². The Bertz CT molecular complexity index is 3390. The van der Waals surface area contributed by atoms with Crippen LogP contribution in [0.5, 0.6) is 0 Å². The molecule has 64 heavy (non-hydrogen) atoms. The molecule has 0 saturated carbocycles. The van der Waals surface area contributed by atoms with E-state index in [0.29, 0.717) is 5.82 Å². The fraction of sp³-hybridized carbons (Fsp3) is 0. The van der Waals surface area contributed by atoms with E-state index in [0.717, 1.165) is 83.7 Å². The summed E-state index contributed by atoms with van der Waals surface area (Å²) in [5.41, 5.74) is 18.5. The molecule has 0 fully saturated rings. The van der Waals surface area contributed by atoms with Crippen LogP contribution in [0.3, 0.4) is 0 Å². The molecular weight excluding hydrogens is 773 g/mol. The third-order valence-electron chi connectivity index (χ3n) is 12.0. The van der Waals surface area contributed by atoms with Crippen LogP contribution in [0.25, 0.3) is 111 Å². The summed E-state index contributed by atoms with van der Waals surface area (Å²) in [5.74, 6) is 0.664. The summed E-state index contributed by atoms with van der Waals surface area (Å²) in [7, 11) is 0. The van der Waals surface area contributed by atoms with Crippen molar-refractivity contribution in [1.29, 1.82) is 0 Å². The third-order valence-corrected chi connectivity index (χ3v) is 12.0. The zero-order valence-corrected chi connectivity index (χ0v) is 35.1. The van der Waals surface area contributed by atoms with Crippen molar-refractivity contribution in [1.82, 2.24) is 9.97 Å². The van der Waals surface area contributed by atoms with Crippen molar-refractivity contribution < 1.29 is 0 Å². The molecule has 0 bridgehead atoms. The van der Waals surface area contributed by atoms with E-state index in [2.05, 4.69) is 249 Å². The summed E-state index contributed by atoms with van der Waals surface area (Å²) in [6, 6.07) is 91.0. The Morgan fingerprint density at radius 2 is 0.609 bits per heavy atom. The summed E-state index contributed by atoms with van der Waals surface area (Å²) in [4.78, 5) is 10.8. The fourth-order valence-corrected chi connectivity index (χ4v) is 9.00. The molecule has 1 aromatic heterocycles. The number of nitrogens with zero attached hydrogens (tertiary/aromatic N) is 2. The van der Waals surface area contributed by atoms with Crippen molar-refractivity contribution in [2.24, 2.45) is 0 Å². The number of fused-ring (bicyclic) bond motifs is 1. The molecule has 0 spiro atoms. The van der Waals surface area contributed by atoms with E-state index in [1.165, 1.54) is 21.9 Å². The first-order chi connectivity index (χ1) is 31.7. The number of hydrogen-bond donors (Lipinski definition) is 0. The van der Waals surface area contributed by atoms with Gasteiger partial charge in [-0.25, -0.2) is 9.97 Å². The first-order valence-electron chi connectivity index (χ1n) is 21.8. The van der Waals surface area contributed by atoms with E-state index in [9.17, 15) is 0 Å². The molecule has 0 amide bonds. The van der Waals surface area contributed by atoms with Gasteiger partial charge in [-0.15, -0.1) is 0 Å². The van der Waals surface area contributed by atoms with Crippen molar-refractivity contribution in [2.45, 2.75) is 0 Å². The molecule has 0 unspecified atom stereocenters. The summed E-state index contributed by atoms with van der Waals surface area (Å²) in [5, 5.41) is 2.37. The standard InChI is InChI=1S/C62H42N2/c1-7-21-43(22-8-1)52-38-53(40-54(39-52)62-63-57(46-26-11-3-12-27-46)42-58(64-62)51-36-35-44-23-19-20-34-50(44)37-51)56-41-55(45-24-9-2-10-25-45)59(47-28-13-4-14-29-47)61(49-32-17-6-18-33-49)60(56)48-30-15-5-16-31-48/h1-42H. The smallest absolute Gasteiger partial charge is 0.160 e. The molecule has 300 valence electrons. The van der Waals surface area contributed by atoms with Crippen LogP contribution in [0.2, 0.25) is 0 Å². The average Bonchev–Trinajstić information content (AvgIpc) is 3.39. The second kappa shape index (κ2) is 17.1. The molecule has 11 rings (SSSR count). The Morgan fingerprint density at radius 1 is 0.203 bits per heavy atom. The summed E-state index contributed by atoms with van der Waals surface area (Å²) in [6.45, 7) is 0. The van der Waals surface area contributed by atoms with Gasteiger partial charge in [-0.1, -0.05) is 218 Å². The lowest BCUT2D eigenvalue weighted by Crippen LogP contribution is -1.99. The third kappa shape index (κ3) is 7.59. The van der Waals surface area contributed by atoms with Gasteiger partial charge in [-0.3, -0.25) is 0 Å². The summed E-state index contributed by atoms with van der Waals surface area (Å²) < 4.78 is 0. The van der Waals surface area contributed by atoms with Gasteiger partial charge in [-0.2, -0.15) is 0 Å². The summed E-state index contributed by atoms with van der Waals surface area (Å²) in [6.07, 6.45) is 0. The lowest BCUT2D eigenvalue weighted by Gasteiger charge is -2.25. The molecule has 2 nitrogen and oxygen atoms in total. The van der Waals surface area contributed by atoms with Crippen molar-refractivity contribution in [3.8, 4) is 101 Å². The van der Waals surface area contributed by atoms with E-state index < -0.39 is 0 Å². The lowest BCUT2D eigenvalue weighted by atomic mass is 9.78. The van der Waals surface area contributed by atoms with E-state index in [4.69, 9.17) is 9.97 Å². The van der Waals surface area contributed by atoms with Gasteiger partial charge in [0.1, 0.15) is 0 Å². The van der Waals surface area contributed by atoms with Crippen molar-refractivity contribution >= 4 is 10.8 Å². The fourth-order valence-electron chi connectivity index (χ4n) is 9.00. The Morgan fingerprint density at radius 3 is 1.17 bits per heavy atom. The Kier molecular flexibility index (Phi) is 10.3. The van der Waals surface area contributed by atoms with Crippen LogP contribution in [-0.2, 0) is 0 Å². The predicted octanol–water partition coefficient (Wildman–Crippen LogP) is 16.6. The highest BCUT2D eigenvalue weighted by molar-refractivity contribution is 6.08. The van der Waals surface area contributed by atoms with Crippen LogP contribution in [0.1, 0.15) is 0 Å². The maximum Gasteiger partial charge on any atom is 0.160 e. The van der Waals surface area contributed by atoms with Crippen LogP contribution >= 0.6 is 0 Å². The molecule has 0 atom stereocenters. The molecule has 0 aliphatic rings. The zero-order chi connectivity index (χ0) is 42.7. The van der Waals surface area contributed by atoms with E-state index in [1.54, 1.807) is 0 Å². The second-order valence-electron chi connectivity index (χ2n) is 16.1. The van der Waals surface area contributed by atoms with E-state index in [1.807, 2.05) is 6.07 Å². The Labute approximate surface area is 374 Å². The van der Waals surface area contributed by atoms with Gasteiger partial charge in [0.15, 0.2) is 5.82 Å². The minimum absolute atomic E-state index is 0.664. The Balaban J connectivity index is 1.24. The van der Waals surface area contributed by atoms with Crippen LogP contribution in [0.4, 0.5) is 0 Å². The largest absolute Gasteiger partial charge is 0.228 e. The maximum absolute atomic E-state index is 5.43. The zero-order valence-electron chi connectivity index (χ0n) is 35.1. The van der Waals surface area contributed by atoms with Gasteiger partial charge < -0.3 is 0 Å². The van der Waals surface area contributed by atoms with Gasteiger partial charge in [0, 0.05) is 16.7 Å². The van der Waals surface area contributed by atoms with E-state index >= 15 is 0 Å². The quantitative estimate of drug-likeness (QED) is 0.145. The van der Waals surface area contributed by atoms with Crippen molar-refractivity contribution in [3.05, 3.63) is 255 Å². The predicted molar refractivity (Wildman–Crippen MR) is 268 cm³/mol. The van der Waals surface area contributed by atoms with Crippen LogP contribution < -0.4 is 0 Å². The number of benzene rings is 10. The molecule has 0 aliphatic heterocycles. The van der Waals surface area contributed by atoms with Crippen LogP contribution in [-0.4, -0.2) is 9.97 Å². The number of rotatable bonds is 9. The van der Waals surface area contributed by atoms with Gasteiger partial charge in [0.05, 0.1) is 11.4 Å². The summed E-state index contributed by atoms with van der Waals surface area (Å²) >= 11 is 0. The monoisotopic (exact) mass is 814 g/mol. The Hall–Kier alpha value is -8.46. The van der Waals surface area contributed by atoms with Crippen LogP contribution in [0.15, 0.2) is 255 Å². The van der Waals surface area contributed by atoms with Crippen molar-refractivity contribution in [3.63, 3.8) is 0 Å². The average molecular weight is 815 g/mol. The molecule has 11 aromatic rings. The number of aromatic nitrogens is 2. The molecule has 10 aromatic carbocycles. The first kappa shape index (κ1) is 38.5. The molecule has 2 heteroatoms. The normalized spacial score (nSPS) is 11.1. The molecule has 0 radical (unpaired) electrons. The minimum atomic E-state index is 0.664. The van der Waals surface area contributed by atoms with E-state index in [-0.39, 0.29) is 0 Å². The molecule has 0 aliphatic carbocycles. The molecular formula is C62H42N2. The number of hydrogen-bond acceptors (Lipinski definition) is 2. The van der Waals surface area contributed by atoms with Gasteiger partial charge >= 0.3 is 0 Å². The highest BCUT2D eigenvalue weighted by Gasteiger charge is 2.25. The topological polar surface area (TPSA) is 25.8 Å². The lowest BCUT2D eigenvalue weighted by molar-refractivity contribution is 1.18. The van der Waals surface area contributed by atoms with Crippen molar-refractivity contribution in [2.75, 3.05) is 0 Å². The molecule has 1 heterocycles. The van der Waals surface area contributed by atoms with Crippen LogP contribution in [0, 0.1) is 0 Å². The highest BCUT2D eigenvalue weighted by Crippen LogP contribution is 2.51. The first-order valence-corrected chi connectivity index (χ1v) is 21.8. The molecule has 0 N–H and O–H groups in total. The SMILES string of the molecule is c1ccc(-c2cc(-c3nc(-c4ccccc4)cc(-c4ccc5ccccc5c4)n3)cc(-c3cc(-c4ccccc4)c(-c4ccccc4)c(-c4ccccc4)c3-c3ccccc3)c2)cc1. The molecule has 0 saturated heterocycles. The minimum Gasteiger partial charge on any atom is -0.228 e. The second-order valence-corrected chi connectivity index (χ2v) is 16.1.